The fourth-order valence-electron chi connectivity index (χ4n) is 1.45. The topological polar surface area (TPSA) is 82.1 Å². The summed E-state index contributed by atoms with van der Waals surface area (Å²) in [5.74, 6) is -1.56. The molecule has 0 rings (SSSR count). The average Bonchev–Trinajstić information content (AvgIpc) is 2.28. The van der Waals surface area contributed by atoms with Gasteiger partial charge in [-0.05, 0) is 19.3 Å². The van der Waals surface area contributed by atoms with Crippen LogP contribution < -0.4 is 0 Å². The van der Waals surface area contributed by atoms with Crippen molar-refractivity contribution in [2.45, 2.75) is 26.2 Å². The third-order valence-electron chi connectivity index (χ3n) is 2.34. The van der Waals surface area contributed by atoms with Crippen molar-refractivity contribution in [2.24, 2.45) is 5.92 Å². The number of carbonyl (C=O) groups excluding carboxylic acids is 1. The fraction of sp³-hybridized carbons (Fsp3) is 0.833. The van der Waals surface area contributed by atoms with Gasteiger partial charge in [0.2, 0.25) is 0 Å². The number of carboxylic acids is 1. The molecule has 106 valence electrons. The van der Waals surface area contributed by atoms with Crippen molar-refractivity contribution in [1.29, 1.82) is 0 Å². The van der Waals surface area contributed by atoms with Crippen LogP contribution in [0.25, 0.3) is 0 Å². The molecule has 0 spiro atoms. The van der Waals surface area contributed by atoms with E-state index in [9.17, 15) is 9.59 Å². The Hall–Kier alpha value is -1.14. The Morgan fingerprint density at radius 1 is 1.17 bits per heavy atom. The summed E-state index contributed by atoms with van der Waals surface area (Å²) in [6, 6.07) is 0. The Kier molecular flexibility index (Phi) is 10.3. The van der Waals surface area contributed by atoms with Gasteiger partial charge in [0.05, 0.1) is 6.61 Å². The fourth-order valence-corrected chi connectivity index (χ4v) is 1.45. The third kappa shape index (κ3) is 10.0. The summed E-state index contributed by atoms with van der Waals surface area (Å²) >= 11 is 0. The molecule has 0 aliphatic rings. The van der Waals surface area contributed by atoms with E-state index in [4.69, 9.17) is 19.3 Å². The van der Waals surface area contributed by atoms with Crippen molar-refractivity contribution in [1.82, 2.24) is 0 Å². The maximum atomic E-state index is 11.4. The zero-order chi connectivity index (χ0) is 13.8. The second-order valence-corrected chi connectivity index (χ2v) is 3.87. The maximum absolute atomic E-state index is 11.4. The van der Waals surface area contributed by atoms with Crippen molar-refractivity contribution in [3.63, 3.8) is 0 Å². The lowest BCUT2D eigenvalue weighted by Crippen LogP contribution is -2.18. The first-order valence-electron chi connectivity index (χ1n) is 6.04. The molecule has 0 aromatic heterocycles. The highest BCUT2D eigenvalue weighted by atomic mass is 16.6. The lowest BCUT2D eigenvalue weighted by atomic mass is 9.98. The van der Waals surface area contributed by atoms with E-state index in [-0.39, 0.29) is 25.4 Å². The van der Waals surface area contributed by atoms with Gasteiger partial charge in [0.1, 0.15) is 6.61 Å². The van der Waals surface area contributed by atoms with E-state index in [0.717, 1.165) is 0 Å². The van der Waals surface area contributed by atoms with E-state index < -0.39 is 11.9 Å². The number of aliphatic carboxylic acids is 1. The van der Waals surface area contributed by atoms with Gasteiger partial charge in [-0.1, -0.05) is 0 Å². The van der Waals surface area contributed by atoms with E-state index in [0.29, 0.717) is 26.2 Å². The van der Waals surface area contributed by atoms with Gasteiger partial charge in [0.25, 0.3) is 0 Å². The van der Waals surface area contributed by atoms with Crippen LogP contribution in [0.1, 0.15) is 26.2 Å². The van der Waals surface area contributed by atoms with Gasteiger partial charge in [-0.15, -0.1) is 0 Å². The summed E-state index contributed by atoms with van der Waals surface area (Å²) in [5.41, 5.74) is 0. The molecule has 0 heterocycles. The van der Waals surface area contributed by atoms with Crippen LogP contribution in [-0.4, -0.2) is 50.6 Å². The number of esters is 1. The Balaban J connectivity index is 3.96. The van der Waals surface area contributed by atoms with Crippen LogP contribution in [0.5, 0.6) is 0 Å². The normalized spacial score (nSPS) is 12.1. The molecular weight excluding hydrogens is 240 g/mol. The molecule has 1 atom stereocenters. The van der Waals surface area contributed by atoms with Gasteiger partial charge >= 0.3 is 11.9 Å². The number of methoxy groups -OCH3 is 1. The molecule has 0 aromatic carbocycles. The third-order valence-corrected chi connectivity index (χ3v) is 2.34. The Labute approximate surface area is 107 Å². The SMILES string of the molecule is CCOCCC(CC(=O)O)CC(=O)OCCOC. The van der Waals surface area contributed by atoms with Crippen LogP contribution in [0, 0.1) is 5.92 Å². The average molecular weight is 262 g/mol. The highest BCUT2D eigenvalue weighted by Gasteiger charge is 2.18. The van der Waals surface area contributed by atoms with Gasteiger partial charge in [0.15, 0.2) is 0 Å². The zero-order valence-electron chi connectivity index (χ0n) is 11.0. The minimum Gasteiger partial charge on any atom is -0.481 e. The highest BCUT2D eigenvalue weighted by molar-refractivity contribution is 5.72. The Bertz CT molecular complexity index is 241. The molecule has 0 bridgehead atoms. The predicted molar refractivity (Wildman–Crippen MR) is 64.3 cm³/mol. The van der Waals surface area contributed by atoms with Gasteiger partial charge in [-0.25, -0.2) is 0 Å². The first kappa shape index (κ1) is 16.9. The van der Waals surface area contributed by atoms with Crippen molar-refractivity contribution >= 4 is 11.9 Å². The van der Waals surface area contributed by atoms with Crippen LogP contribution >= 0.6 is 0 Å². The summed E-state index contributed by atoms with van der Waals surface area (Å²) in [7, 11) is 1.52. The molecule has 0 radical (unpaired) electrons. The van der Waals surface area contributed by atoms with E-state index >= 15 is 0 Å². The lowest BCUT2D eigenvalue weighted by Gasteiger charge is -2.14. The molecular formula is C12H22O6. The first-order valence-corrected chi connectivity index (χ1v) is 6.04. The van der Waals surface area contributed by atoms with Gasteiger partial charge < -0.3 is 19.3 Å². The molecule has 0 aliphatic carbocycles. The standard InChI is InChI=1S/C12H22O6/c1-3-17-5-4-10(8-11(13)14)9-12(15)18-7-6-16-2/h10H,3-9H2,1-2H3,(H,13,14). The number of carbonyl (C=O) groups is 2. The molecule has 6 heteroatoms. The van der Waals surface area contributed by atoms with Crippen LogP contribution in [0.4, 0.5) is 0 Å². The molecule has 18 heavy (non-hydrogen) atoms. The molecule has 0 saturated carbocycles. The molecule has 0 amide bonds. The van der Waals surface area contributed by atoms with Gasteiger partial charge in [-0.2, -0.15) is 0 Å². The molecule has 0 aliphatic heterocycles. The van der Waals surface area contributed by atoms with Gasteiger partial charge in [0, 0.05) is 33.2 Å². The number of rotatable bonds is 11. The smallest absolute Gasteiger partial charge is 0.306 e. The number of hydrogen-bond donors (Lipinski definition) is 1. The van der Waals surface area contributed by atoms with E-state index in [1.165, 1.54) is 7.11 Å². The maximum Gasteiger partial charge on any atom is 0.306 e. The minimum absolute atomic E-state index is 0.0492. The van der Waals surface area contributed by atoms with E-state index in [2.05, 4.69) is 0 Å². The van der Waals surface area contributed by atoms with Gasteiger partial charge in [-0.3, -0.25) is 9.59 Å². The molecule has 1 N–H and O–H groups in total. The molecule has 0 fully saturated rings. The largest absolute Gasteiger partial charge is 0.481 e. The molecule has 0 saturated heterocycles. The summed E-state index contributed by atoms with van der Waals surface area (Å²) in [5, 5.41) is 8.75. The van der Waals surface area contributed by atoms with Crippen LogP contribution in [0.3, 0.4) is 0 Å². The second kappa shape index (κ2) is 11.0. The van der Waals surface area contributed by atoms with Crippen LogP contribution in [-0.2, 0) is 23.8 Å². The molecule has 1 unspecified atom stereocenters. The predicted octanol–water partition coefficient (Wildman–Crippen LogP) is 1.08. The minimum atomic E-state index is -0.916. The van der Waals surface area contributed by atoms with Crippen LogP contribution in [0.15, 0.2) is 0 Å². The van der Waals surface area contributed by atoms with Crippen molar-refractivity contribution < 1.29 is 28.9 Å². The summed E-state index contributed by atoms with van der Waals surface area (Å²) in [4.78, 5) is 22.1. The van der Waals surface area contributed by atoms with Crippen molar-refractivity contribution in [3.05, 3.63) is 0 Å². The highest BCUT2D eigenvalue weighted by Crippen LogP contribution is 2.14. The summed E-state index contributed by atoms with van der Waals surface area (Å²) in [6.07, 6.45) is 0.592. The number of carboxylic acid groups (broad SMARTS) is 1. The second-order valence-electron chi connectivity index (χ2n) is 3.87. The number of ether oxygens (including phenoxy) is 3. The van der Waals surface area contributed by atoms with Crippen molar-refractivity contribution in [3.8, 4) is 0 Å². The van der Waals surface area contributed by atoms with Crippen molar-refractivity contribution in [2.75, 3.05) is 33.5 Å². The lowest BCUT2D eigenvalue weighted by molar-refractivity contribution is -0.147. The van der Waals surface area contributed by atoms with E-state index in [1.54, 1.807) is 0 Å². The Morgan fingerprint density at radius 2 is 1.89 bits per heavy atom. The monoisotopic (exact) mass is 262 g/mol. The number of hydrogen-bond acceptors (Lipinski definition) is 5. The first-order chi connectivity index (χ1) is 8.60. The quantitative estimate of drug-likeness (QED) is 0.443. The Morgan fingerprint density at radius 3 is 2.44 bits per heavy atom. The zero-order valence-corrected chi connectivity index (χ0v) is 11.0. The molecule has 6 nitrogen and oxygen atoms in total. The summed E-state index contributed by atoms with van der Waals surface area (Å²) in [6.45, 7) is 3.44. The van der Waals surface area contributed by atoms with Crippen LogP contribution in [0.2, 0.25) is 0 Å². The molecule has 0 aromatic rings. The van der Waals surface area contributed by atoms with E-state index in [1.807, 2.05) is 6.92 Å². The summed E-state index contributed by atoms with van der Waals surface area (Å²) < 4.78 is 14.8.